The van der Waals surface area contributed by atoms with Gasteiger partial charge in [0.05, 0.1) is 40.4 Å². The predicted octanol–water partition coefficient (Wildman–Crippen LogP) is 4.43. The van der Waals surface area contributed by atoms with Gasteiger partial charge in [0.15, 0.2) is 11.5 Å². The van der Waals surface area contributed by atoms with Gasteiger partial charge in [-0.1, -0.05) is 24.3 Å². The lowest BCUT2D eigenvalue weighted by Gasteiger charge is -2.51. The van der Waals surface area contributed by atoms with Crippen LogP contribution in [0.5, 0.6) is 11.5 Å². The van der Waals surface area contributed by atoms with Gasteiger partial charge in [0.2, 0.25) is 0 Å². The number of nitrogens with one attached hydrogen (secondary N) is 1. The van der Waals surface area contributed by atoms with Gasteiger partial charge >= 0.3 is 5.97 Å². The fourth-order valence-electron chi connectivity index (χ4n) is 5.73. The van der Waals surface area contributed by atoms with Gasteiger partial charge in [0.1, 0.15) is 12.3 Å². The Bertz CT molecular complexity index is 1100. The lowest BCUT2D eigenvalue weighted by atomic mass is 9.82. The maximum atomic E-state index is 13.3. The highest BCUT2D eigenvalue weighted by molar-refractivity contribution is 6.03. The molecule has 0 spiro atoms. The number of amides is 1. The van der Waals surface area contributed by atoms with E-state index in [2.05, 4.69) is 12.4 Å². The van der Waals surface area contributed by atoms with Crippen molar-refractivity contribution >= 4 is 18.0 Å². The van der Waals surface area contributed by atoms with Gasteiger partial charge in [-0.15, -0.1) is 0 Å². The molecule has 2 aromatic rings. The van der Waals surface area contributed by atoms with Crippen LogP contribution in [0.2, 0.25) is 0 Å². The summed E-state index contributed by atoms with van der Waals surface area (Å²) in [5.41, 5.74) is 1.24. The number of hydrogen-bond donors (Lipinski definition) is 1. The molecular weight excluding hydrogens is 456 g/mol. The SMILES string of the molecule is COc1ccc(C=C(NC(=O)c2ccccc2)C(=O)OC[C@@H]2CCC[N+]3(C)CCCCC23)cc1OC. The number of benzene rings is 2. The normalized spacial score (nSPS) is 23.8. The van der Waals surface area contributed by atoms with Crippen LogP contribution in [-0.4, -0.2) is 63.4 Å². The van der Waals surface area contributed by atoms with Crippen LogP contribution in [0.1, 0.15) is 48.0 Å². The van der Waals surface area contributed by atoms with Crippen molar-refractivity contribution in [3.63, 3.8) is 0 Å². The van der Waals surface area contributed by atoms with Crippen LogP contribution in [0.25, 0.3) is 6.08 Å². The average molecular weight is 494 g/mol. The van der Waals surface area contributed by atoms with Gasteiger partial charge in [0.25, 0.3) is 5.91 Å². The molecule has 2 aromatic carbocycles. The third-order valence-corrected chi connectivity index (χ3v) is 7.66. The van der Waals surface area contributed by atoms with E-state index in [1.807, 2.05) is 6.07 Å². The number of carbonyl (C=O) groups excluding carboxylic acids is 2. The van der Waals surface area contributed by atoms with E-state index >= 15 is 0 Å². The molecule has 2 unspecified atom stereocenters. The van der Waals surface area contributed by atoms with Gasteiger partial charge in [-0.2, -0.15) is 0 Å². The zero-order valence-electron chi connectivity index (χ0n) is 21.5. The highest BCUT2D eigenvalue weighted by Gasteiger charge is 2.44. The van der Waals surface area contributed by atoms with E-state index in [1.54, 1.807) is 62.8 Å². The summed E-state index contributed by atoms with van der Waals surface area (Å²) in [4.78, 5) is 26.2. The highest BCUT2D eigenvalue weighted by atomic mass is 16.5. The van der Waals surface area contributed by atoms with Crippen molar-refractivity contribution in [3.05, 3.63) is 65.4 Å². The van der Waals surface area contributed by atoms with E-state index in [0.717, 1.165) is 17.3 Å². The van der Waals surface area contributed by atoms with E-state index in [0.29, 0.717) is 41.2 Å². The molecule has 7 nitrogen and oxygen atoms in total. The Morgan fingerprint density at radius 1 is 0.972 bits per heavy atom. The summed E-state index contributed by atoms with van der Waals surface area (Å²) in [6.07, 6.45) is 7.51. The number of fused-ring (bicyclic) bond motifs is 1. The molecule has 2 heterocycles. The lowest BCUT2D eigenvalue weighted by Crippen LogP contribution is -2.61. The molecule has 36 heavy (non-hydrogen) atoms. The fraction of sp³-hybridized carbons (Fsp3) is 0.448. The number of quaternary nitrogens is 1. The molecule has 2 saturated heterocycles. The number of methoxy groups -OCH3 is 2. The number of nitrogens with zero attached hydrogens (tertiary/aromatic N) is 1. The minimum Gasteiger partial charge on any atom is -0.493 e. The fourth-order valence-corrected chi connectivity index (χ4v) is 5.73. The van der Waals surface area contributed by atoms with E-state index in [4.69, 9.17) is 14.2 Å². The third-order valence-electron chi connectivity index (χ3n) is 7.66. The molecule has 2 aliphatic rings. The second-order valence-corrected chi connectivity index (χ2v) is 9.98. The van der Waals surface area contributed by atoms with Crippen molar-refractivity contribution in [1.82, 2.24) is 5.32 Å². The Kier molecular flexibility index (Phi) is 8.31. The van der Waals surface area contributed by atoms with Gasteiger partial charge in [-0.25, -0.2) is 4.79 Å². The summed E-state index contributed by atoms with van der Waals surface area (Å²) in [6.45, 7) is 2.77. The van der Waals surface area contributed by atoms with Crippen molar-refractivity contribution in [2.75, 3.05) is 41.0 Å². The zero-order chi connectivity index (χ0) is 25.5. The molecule has 0 bridgehead atoms. The summed E-state index contributed by atoms with van der Waals surface area (Å²) in [5.74, 6) is 0.543. The molecule has 0 saturated carbocycles. The van der Waals surface area contributed by atoms with Crippen LogP contribution in [0, 0.1) is 5.92 Å². The maximum absolute atomic E-state index is 13.3. The molecule has 1 N–H and O–H groups in total. The molecule has 2 fully saturated rings. The Morgan fingerprint density at radius 3 is 2.47 bits per heavy atom. The van der Waals surface area contributed by atoms with Crippen LogP contribution in [-0.2, 0) is 9.53 Å². The minimum absolute atomic E-state index is 0.0905. The minimum atomic E-state index is -0.537. The van der Waals surface area contributed by atoms with Crippen LogP contribution < -0.4 is 14.8 Å². The van der Waals surface area contributed by atoms with Gasteiger partial charge in [-0.05, 0) is 61.6 Å². The van der Waals surface area contributed by atoms with Crippen LogP contribution >= 0.6 is 0 Å². The van der Waals surface area contributed by atoms with Crippen LogP contribution in [0.3, 0.4) is 0 Å². The first kappa shape index (κ1) is 25.8. The molecule has 1 amide bonds. The summed E-state index contributed by atoms with van der Waals surface area (Å²) < 4.78 is 17.7. The van der Waals surface area contributed by atoms with Crippen molar-refractivity contribution in [2.24, 2.45) is 5.92 Å². The maximum Gasteiger partial charge on any atom is 0.354 e. The lowest BCUT2D eigenvalue weighted by molar-refractivity contribution is -0.947. The predicted molar refractivity (Wildman–Crippen MR) is 139 cm³/mol. The number of hydrogen-bond acceptors (Lipinski definition) is 5. The molecular formula is C29H37N2O5+. The van der Waals surface area contributed by atoms with Crippen molar-refractivity contribution in [2.45, 2.75) is 38.1 Å². The quantitative estimate of drug-likeness (QED) is 0.335. The second-order valence-electron chi connectivity index (χ2n) is 9.98. The number of piperidine rings is 2. The molecule has 7 heteroatoms. The van der Waals surface area contributed by atoms with Crippen LogP contribution in [0.15, 0.2) is 54.2 Å². The second kappa shape index (κ2) is 11.6. The van der Waals surface area contributed by atoms with Crippen molar-refractivity contribution < 1.29 is 28.3 Å². The van der Waals surface area contributed by atoms with E-state index in [-0.39, 0.29) is 11.6 Å². The molecule has 3 atom stereocenters. The first-order chi connectivity index (χ1) is 17.4. The first-order valence-electron chi connectivity index (χ1n) is 12.7. The molecule has 0 radical (unpaired) electrons. The molecule has 192 valence electrons. The molecule has 4 rings (SSSR count). The Balaban J connectivity index is 1.54. The third kappa shape index (κ3) is 5.90. The zero-order valence-corrected chi connectivity index (χ0v) is 21.5. The van der Waals surface area contributed by atoms with Gasteiger partial charge in [0, 0.05) is 17.9 Å². The summed E-state index contributed by atoms with van der Waals surface area (Å²) in [7, 11) is 5.47. The first-order valence-corrected chi connectivity index (χ1v) is 12.7. The van der Waals surface area contributed by atoms with Gasteiger partial charge < -0.3 is 24.0 Å². The topological polar surface area (TPSA) is 73.9 Å². The molecule has 0 aliphatic carbocycles. The largest absolute Gasteiger partial charge is 0.493 e. The molecule has 0 aromatic heterocycles. The number of rotatable bonds is 8. The van der Waals surface area contributed by atoms with E-state index in [1.165, 1.54) is 32.4 Å². The summed E-state index contributed by atoms with van der Waals surface area (Å²) in [6, 6.07) is 14.7. The Labute approximate surface area is 213 Å². The Hall–Kier alpha value is -3.32. The van der Waals surface area contributed by atoms with Crippen molar-refractivity contribution in [3.8, 4) is 11.5 Å². The van der Waals surface area contributed by atoms with Crippen LogP contribution in [0.4, 0.5) is 0 Å². The number of ether oxygens (including phenoxy) is 3. The van der Waals surface area contributed by atoms with Gasteiger partial charge in [-0.3, -0.25) is 4.79 Å². The average Bonchev–Trinajstić information content (AvgIpc) is 2.91. The Morgan fingerprint density at radius 2 is 1.72 bits per heavy atom. The highest BCUT2D eigenvalue weighted by Crippen LogP contribution is 2.36. The van der Waals surface area contributed by atoms with E-state index < -0.39 is 5.97 Å². The standard InChI is InChI=1S/C29H36N2O5/c1-31-16-8-7-13-25(31)23(12-9-17-31)20-36-29(33)24(30-28(32)22-10-5-4-6-11-22)18-21-14-15-26(34-2)27(19-21)35-3/h4-6,10-11,14-15,18-19,23,25H,7-9,12-13,16-17,20H2,1-3H3/p+1/t23-,25?,31?/m0/s1. The number of esters is 1. The molecule has 2 aliphatic heterocycles. The monoisotopic (exact) mass is 493 g/mol. The smallest absolute Gasteiger partial charge is 0.354 e. The van der Waals surface area contributed by atoms with Crippen molar-refractivity contribution in [1.29, 1.82) is 0 Å². The van der Waals surface area contributed by atoms with E-state index in [9.17, 15) is 9.59 Å². The summed E-state index contributed by atoms with van der Waals surface area (Å²) >= 11 is 0. The summed E-state index contributed by atoms with van der Waals surface area (Å²) in [5, 5.41) is 2.77. The number of carbonyl (C=O) groups is 2.